The van der Waals surface area contributed by atoms with E-state index < -0.39 is 0 Å². The number of hydrogen-bond donors (Lipinski definition) is 1. The van der Waals surface area contributed by atoms with E-state index in [-0.39, 0.29) is 11.6 Å². The molecule has 2 heterocycles. The molecule has 1 amide bonds. The van der Waals surface area contributed by atoms with Gasteiger partial charge < -0.3 is 10.2 Å². The van der Waals surface area contributed by atoms with Gasteiger partial charge in [-0.05, 0) is 32.0 Å². The number of anilines is 1. The third-order valence-corrected chi connectivity index (χ3v) is 3.51. The van der Waals surface area contributed by atoms with E-state index in [1.807, 2.05) is 18.2 Å². The van der Waals surface area contributed by atoms with Gasteiger partial charge in [0.25, 0.3) is 5.91 Å². The van der Waals surface area contributed by atoms with Gasteiger partial charge in [-0.3, -0.25) is 4.79 Å². The van der Waals surface area contributed by atoms with Gasteiger partial charge in [-0.1, -0.05) is 6.07 Å². The van der Waals surface area contributed by atoms with E-state index in [1.54, 1.807) is 12.3 Å². The van der Waals surface area contributed by atoms with Crippen LogP contribution in [0.1, 0.15) is 35.5 Å². The first-order chi connectivity index (χ1) is 11.2. The molecular formula is C17H19N5O. The molecule has 118 valence electrons. The van der Waals surface area contributed by atoms with Gasteiger partial charge >= 0.3 is 0 Å². The number of nitriles is 1. The van der Waals surface area contributed by atoms with Crippen molar-refractivity contribution in [2.75, 3.05) is 18.0 Å². The Labute approximate surface area is 135 Å². The molecule has 0 aliphatic carbocycles. The maximum atomic E-state index is 12.2. The zero-order chi connectivity index (χ0) is 16.7. The SMILES string of the molecule is CCN(CC)c1ncccc1CNC(=O)c1ccc(C#N)nc1. The minimum atomic E-state index is -0.226. The van der Waals surface area contributed by atoms with Crippen LogP contribution < -0.4 is 10.2 Å². The minimum absolute atomic E-state index is 0.226. The predicted octanol–water partition coefficient (Wildman–Crippen LogP) is 2.12. The average Bonchev–Trinajstić information content (AvgIpc) is 2.61. The standard InChI is InChI=1S/C17H19N5O/c1-3-22(4-2)16-13(6-5-9-19-16)11-21-17(23)14-7-8-15(10-18)20-12-14/h5-9,12H,3-4,11H2,1-2H3,(H,21,23). The summed E-state index contributed by atoms with van der Waals surface area (Å²) in [7, 11) is 0. The van der Waals surface area contributed by atoms with E-state index in [2.05, 4.69) is 34.0 Å². The van der Waals surface area contributed by atoms with Crippen molar-refractivity contribution >= 4 is 11.7 Å². The Morgan fingerprint density at radius 2 is 2.04 bits per heavy atom. The Bertz CT molecular complexity index is 702. The molecule has 0 spiro atoms. The summed E-state index contributed by atoms with van der Waals surface area (Å²) in [5.74, 6) is 0.659. The number of pyridine rings is 2. The highest BCUT2D eigenvalue weighted by Gasteiger charge is 2.11. The number of carbonyl (C=O) groups excluding carboxylic acids is 1. The van der Waals surface area contributed by atoms with Crippen LogP contribution in [-0.2, 0) is 6.54 Å². The molecule has 0 bridgehead atoms. The zero-order valence-electron chi connectivity index (χ0n) is 13.3. The van der Waals surface area contributed by atoms with Crippen LogP contribution in [0.25, 0.3) is 0 Å². The van der Waals surface area contributed by atoms with Crippen molar-refractivity contribution in [2.24, 2.45) is 0 Å². The van der Waals surface area contributed by atoms with Crippen molar-refractivity contribution in [1.29, 1.82) is 5.26 Å². The average molecular weight is 309 g/mol. The normalized spacial score (nSPS) is 9.96. The maximum absolute atomic E-state index is 12.2. The van der Waals surface area contributed by atoms with E-state index in [0.717, 1.165) is 24.5 Å². The first-order valence-electron chi connectivity index (χ1n) is 7.52. The summed E-state index contributed by atoms with van der Waals surface area (Å²) in [6, 6.07) is 8.86. The highest BCUT2D eigenvalue weighted by Crippen LogP contribution is 2.16. The molecule has 0 radical (unpaired) electrons. The summed E-state index contributed by atoms with van der Waals surface area (Å²) in [6.07, 6.45) is 3.16. The molecular weight excluding hydrogens is 290 g/mol. The van der Waals surface area contributed by atoms with Crippen molar-refractivity contribution in [3.8, 4) is 6.07 Å². The number of rotatable bonds is 6. The van der Waals surface area contributed by atoms with Crippen LogP contribution >= 0.6 is 0 Å². The fourth-order valence-corrected chi connectivity index (χ4v) is 2.25. The van der Waals surface area contributed by atoms with Crippen LogP contribution in [0.3, 0.4) is 0 Å². The summed E-state index contributed by atoms with van der Waals surface area (Å²) in [4.78, 5) is 22.6. The molecule has 0 saturated carbocycles. The van der Waals surface area contributed by atoms with Crippen LogP contribution in [0.15, 0.2) is 36.7 Å². The Balaban J connectivity index is 2.08. The van der Waals surface area contributed by atoms with Gasteiger partial charge in [0.1, 0.15) is 17.6 Å². The Morgan fingerprint density at radius 1 is 1.26 bits per heavy atom. The summed E-state index contributed by atoms with van der Waals surface area (Å²) in [5, 5.41) is 11.6. The monoisotopic (exact) mass is 309 g/mol. The number of nitrogens with one attached hydrogen (secondary N) is 1. The van der Waals surface area contributed by atoms with E-state index in [4.69, 9.17) is 5.26 Å². The Kier molecular flexibility index (Phi) is 5.64. The number of aromatic nitrogens is 2. The van der Waals surface area contributed by atoms with E-state index in [9.17, 15) is 4.79 Å². The molecule has 2 aromatic rings. The van der Waals surface area contributed by atoms with Gasteiger partial charge in [0, 0.05) is 37.6 Å². The highest BCUT2D eigenvalue weighted by molar-refractivity contribution is 5.93. The molecule has 0 unspecified atom stereocenters. The van der Waals surface area contributed by atoms with Gasteiger partial charge in [-0.25, -0.2) is 9.97 Å². The topological polar surface area (TPSA) is 81.9 Å². The lowest BCUT2D eigenvalue weighted by atomic mass is 10.2. The van der Waals surface area contributed by atoms with E-state index in [0.29, 0.717) is 12.1 Å². The van der Waals surface area contributed by atoms with Gasteiger partial charge in [-0.15, -0.1) is 0 Å². The van der Waals surface area contributed by atoms with Gasteiger partial charge in [-0.2, -0.15) is 5.26 Å². The number of carbonyl (C=O) groups is 1. The van der Waals surface area contributed by atoms with Crippen LogP contribution in [0, 0.1) is 11.3 Å². The van der Waals surface area contributed by atoms with Gasteiger partial charge in [0.15, 0.2) is 0 Å². The van der Waals surface area contributed by atoms with Crippen molar-refractivity contribution in [2.45, 2.75) is 20.4 Å². The number of hydrogen-bond acceptors (Lipinski definition) is 5. The molecule has 0 saturated heterocycles. The Hall–Kier alpha value is -2.94. The lowest BCUT2D eigenvalue weighted by Crippen LogP contribution is -2.27. The molecule has 23 heavy (non-hydrogen) atoms. The molecule has 0 aromatic carbocycles. The van der Waals surface area contributed by atoms with E-state index in [1.165, 1.54) is 12.3 Å². The fourth-order valence-electron chi connectivity index (χ4n) is 2.25. The minimum Gasteiger partial charge on any atom is -0.357 e. The molecule has 0 atom stereocenters. The van der Waals surface area contributed by atoms with Gasteiger partial charge in [0.2, 0.25) is 0 Å². The number of nitrogens with zero attached hydrogens (tertiary/aromatic N) is 4. The van der Waals surface area contributed by atoms with Crippen LogP contribution in [-0.4, -0.2) is 29.0 Å². The van der Waals surface area contributed by atoms with Gasteiger partial charge in [0.05, 0.1) is 5.56 Å². The lowest BCUT2D eigenvalue weighted by Gasteiger charge is -2.22. The van der Waals surface area contributed by atoms with Crippen molar-refractivity contribution in [3.63, 3.8) is 0 Å². The zero-order valence-corrected chi connectivity index (χ0v) is 13.3. The van der Waals surface area contributed by atoms with Crippen LogP contribution in [0.2, 0.25) is 0 Å². The molecule has 0 fully saturated rings. The second kappa shape index (κ2) is 7.90. The second-order valence-corrected chi connectivity index (χ2v) is 4.89. The first kappa shape index (κ1) is 16.4. The largest absolute Gasteiger partial charge is 0.357 e. The first-order valence-corrected chi connectivity index (χ1v) is 7.52. The predicted molar refractivity (Wildman–Crippen MR) is 87.9 cm³/mol. The molecule has 0 aliphatic heterocycles. The van der Waals surface area contributed by atoms with Crippen molar-refractivity contribution < 1.29 is 4.79 Å². The second-order valence-electron chi connectivity index (χ2n) is 4.89. The van der Waals surface area contributed by atoms with E-state index >= 15 is 0 Å². The molecule has 2 aromatic heterocycles. The highest BCUT2D eigenvalue weighted by atomic mass is 16.1. The van der Waals surface area contributed by atoms with Crippen molar-refractivity contribution in [3.05, 3.63) is 53.5 Å². The maximum Gasteiger partial charge on any atom is 0.253 e. The molecule has 1 N–H and O–H groups in total. The summed E-state index contributed by atoms with van der Waals surface area (Å²) in [6.45, 7) is 6.24. The molecule has 2 rings (SSSR count). The summed E-state index contributed by atoms with van der Waals surface area (Å²) >= 11 is 0. The molecule has 0 aliphatic rings. The van der Waals surface area contributed by atoms with Crippen LogP contribution in [0.5, 0.6) is 0 Å². The van der Waals surface area contributed by atoms with Crippen LogP contribution in [0.4, 0.5) is 5.82 Å². The summed E-state index contributed by atoms with van der Waals surface area (Å²) in [5.41, 5.74) is 1.68. The lowest BCUT2D eigenvalue weighted by molar-refractivity contribution is 0.0950. The Morgan fingerprint density at radius 3 is 2.65 bits per heavy atom. The number of amides is 1. The third kappa shape index (κ3) is 4.04. The molecule has 6 heteroatoms. The smallest absolute Gasteiger partial charge is 0.253 e. The quantitative estimate of drug-likeness (QED) is 0.884. The third-order valence-electron chi connectivity index (χ3n) is 3.51. The fraction of sp³-hybridized carbons (Fsp3) is 0.294. The summed E-state index contributed by atoms with van der Waals surface area (Å²) < 4.78 is 0. The van der Waals surface area contributed by atoms with Crippen molar-refractivity contribution in [1.82, 2.24) is 15.3 Å². The molecule has 6 nitrogen and oxygen atoms in total.